The van der Waals surface area contributed by atoms with Crippen molar-refractivity contribution in [3.8, 4) is 23.0 Å². The molecule has 0 saturated heterocycles. The highest BCUT2D eigenvalue weighted by atomic mass is 16.7. The molecule has 9 nitrogen and oxygen atoms in total. The van der Waals surface area contributed by atoms with Crippen molar-refractivity contribution in [2.24, 2.45) is 0 Å². The number of amides is 2. The van der Waals surface area contributed by atoms with E-state index in [1.807, 2.05) is 24.3 Å². The number of carbonyl (C=O) groups excluding carboxylic acids is 2. The summed E-state index contributed by atoms with van der Waals surface area (Å²) in [5, 5.41) is 0. The van der Waals surface area contributed by atoms with Crippen molar-refractivity contribution in [3.63, 3.8) is 0 Å². The first-order valence-electron chi connectivity index (χ1n) is 11.8. The topological polar surface area (TPSA) is 90.7 Å². The van der Waals surface area contributed by atoms with Crippen LogP contribution in [0.5, 0.6) is 23.0 Å². The zero-order valence-electron chi connectivity index (χ0n) is 20.3. The highest BCUT2D eigenvalue weighted by molar-refractivity contribution is 6.01. The number of nitrogens with zero attached hydrogens (tertiary/aromatic N) is 2. The standard InChI is InChI=1S/C27H28N2O7/c1-32-22-6-3-7-23(33-2)26(22)27(31)29(19-9-10-19)16-25(30)28(15-20-5-4-12-34-20)14-18-8-11-21-24(13-18)36-17-35-21/h3-8,11-13,19H,9-10,14-17H2,1-2H3. The van der Waals surface area contributed by atoms with Crippen molar-refractivity contribution in [3.05, 3.63) is 71.7 Å². The van der Waals surface area contributed by atoms with Crippen molar-refractivity contribution in [2.75, 3.05) is 27.6 Å². The zero-order valence-corrected chi connectivity index (χ0v) is 20.3. The maximum Gasteiger partial charge on any atom is 0.262 e. The summed E-state index contributed by atoms with van der Waals surface area (Å²) in [6.45, 7) is 0.695. The van der Waals surface area contributed by atoms with Gasteiger partial charge >= 0.3 is 0 Å². The minimum atomic E-state index is -0.291. The van der Waals surface area contributed by atoms with Gasteiger partial charge in [-0.1, -0.05) is 12.1 Å². The molecule has 0 bridgehead atoms. The molecule has 188 valence electrons. The molecule has 0 N–H and O–H groups in total. The summed E-state index contributed by atoms with van der Waals surface area (Å²) in [5.41, 5.74) is 1.20. The first kappa shape index (κ1) is 23.6. The van der Waals surface area contributed by atoms with E-state index in [9.17, 15) is 9.59 Å². The summed E-state index contributed by atoms with van der Waals surface area (Å²) in [6.07, 6.45) is 3.26. The van der Waals surface area contributed by atoms with E-state index >= 15 is 0 Å². The fourth-order valence-electron chi connectivity index (χ4n) is 4.29. The first-order valence-corrected chi connectivity index (χ1v) is 11.8. The van der Waals surface area contributed by atoms with Gasteiger partial charge in [0.2, 0.25) is 12.7 Å². The Hall–Kier alpha value is -4.14. The Labute approximate surface area is 209 Å². The van der Waals surface area contributed by atoms with Gasteiger partial charge in [0, 0.05) is 12.6 Å². The lowest BCUT2D eigenvalue weighted by Crippen LogP contribution is -2.43. The molecule has 5 rings (SSSR count). The Morgan fingerprint density at radius 1 is 0.944 bits per heavy atom. The van der Waals surface area contributed by atoms with E-state index in [4.69, 9.17) is 23.4 Å². The molecule has 0 unspecified atom stereocenters. The van der Waals surface area contributed by atoms with E-state index in [1.165, 1.54) is 14.2 Å². The third-order valence-corrected chi connectivity index (χ3v) is 6.29. The zero-order chi connectivity index (χ0) is 25.1. The van der Waals surface area contributed by atoms with Crippen LogP contribution in [0, 0.1) is 0 Å². The largest absolute Gasteiger partial charge is 0.496 e. The van der Waals surface area contributed by atoms with Gasteiger partial charge in [0.1, 0.15) is 29.4 Å². The van der Waals surface area contributed by atoms with Crippen LogP contribution in [-0.4, -0.2) is 55.2 Å². The molecule has 0 radical (unpaired) electrons. The van der Waals surface area contributed by atoms with Crippen LogP contribution < -0.4 is 18.9 Å². The van der Waals surface area contributed by atoms with Crippen molar-refractivity contribution < 1.29 is 33.0 Å². The van der Waals surface area contributed by atoms with Crippen LogP contribution in [0.1, 0.15) is 34.5 Å². The van der Waals surface area contributed by atoms with Crippen molar-refractivity contribution in [2.45, 2.75) is 32.0 Å². The molecule has 0 spiro atoms. The van der Waals surface area contributed by atoms with E-state index in [0.717, 1.165) is 18.4 Å². The van der Waals surface area contributed by atoms with Crippen molar-refractivity contribution >= 4 is 11.8 Å². The van der Waals surface area contributed by atoms with Gasteiger partial charge in [-0.05, 0) is 54.8 Å². The molecule has 1 fully saturated rings. The molecule has 1 aromatic heterocycles. The van der Waals surface area contributed by atoms with E-state index < -0.39 is 0 Å². The summed E-state index contributed by atoms with van der Waals surface area (Å²) in [7, 11) is 3.02. The van der Waals surface area contributed by atoms with Crippen LogP contribution in [0.3, 0.4) is 0 Å². The van der Waals surface area contributed by atoms with E-state index in [0.29, 0.717) is 40.9 Å². The fraction of sp³-hybridized carbons (Fsp3) is 0.333. The highest BCUT2D eigenvalue weighted by Gasteiger charge is 2.37. The second-order valence-corrected chi connectivity index (χ2v) is 8.72. The molecule has 2 amide bonds. The smallest absolute Gasteiger partial charge is 0.262 e. The quantitative estimate of drug-likeness (QED) is 0.425. The maximum atomic E-state index is 13.7. The van der Waals surface area contributed by atoms with Crippen LogP contribution in [0.15, 0.2) is 59.2 Å². The average molecular weight is 493 g/mol. The summed E-state index contributed by atoms with van der Waals surface area (Å²) in [4.78, 5) is 30.7. The normalized spacial score (nSPS) is 13.8. The van der Waals surface area contributed by atoms with Crippen LogP contribution in [0.25, 0.3) is 0 Å². The molecule has 1 saturated carbocycles. The van der Waals surface area contributed by atoms with Crippen LogP contribution in [0.2, 0.25) is 0 Å². The fourth-order valence-corrected chi connectivity index (χ4v) is 4.29. The van der Waals surface area contributed by atoms with Crippen LogP contribution in [-0.2, 0) is 17.9 Å². The monoisotopic (exact) mass is 492 g/mol. The molecule has 1 aliphatic carbocycles. The van der Waals surface area contributed by atoms with Gasteiger partial charge in [-0.25, -0.2) is 0 Å². The molecular formula is C27H28N2O7. The van der Waals surface area contributed by atoms with Gasteiger partial charge in [0.25, 0.3) is 5.91 Å². The molecule has 36 heavy (non-hydrogen) atoms. The number of benzene rings is 2. The lowest BCUT2D eigenvalue weighted by atomic mass is 10.1. The lowest BCUT2D eigenvalue weighted by Gasteiger charge is -2.28. The third kappa shape index (κ3) is 4.95. The first-order chi connectivity index (χ1) is 17.6. The molecule has 9 heteroatoms. The lowest BCUT2D eigenvalue weighted by molar-refractivity contribution is -0.133. The minimum absolute atomic E-state index is 0.00734. The molecule has 1 aliphatic heterocycles. The molecule has 2 aromatic carbocycles. The van der Waals surface area contributed by atoms with Crippen LogP contribution >= 0.6 is 0 Å². The summed E-state index contributed by atoms with van der Waals surface area (Å²) < 4.78 is 27.3. The number of rotatable bonds is 10. The van der Waals surface area contributed by atoms with E-state index in [2.05, 4.69) is 0 Å². The summed E-state index contributed by atoms with van der Waals surface area (Å²) in [6, 6.07) is 14.4. The summed E-state index contributed by atoms with van der Waals surface area (Å²) in [5.74, 6) is 2.31. The molecule has 2 heterocycles. The van der Waals surface area contributed by atoms with Crippen molar-refractivity contribution in [1.29, 1.82) is 0 Å². The molecular weight excluding hydrogens is 464 g/mol. The average Bonchev–Trinajstić information content (AvgIpc) is 3.40. The Bertz CT molecular complexity index is 1210. The predicted molar refractivity (Wildman–Crippen MR) is 129 cm³/mol. The Kier molecular flexibility index (Phi) is 6.71. The Morgan fingerprint density at radius 2 is 1.69 bits per heavy atom. The second-order valence-electron chi connectivity index (χ2n) is 8.72. The third-order valence-electron chi connectivity index (χ3n) is 6.29. The maximum absolute atomic E-state index is 13.7. The molecule has 0 atom stereocenters. The number of hydrogen-bond acceptors (Lipinski definition) is 7. The van der Waals surface area contributed by atoms with Crippen LogP contribution in [0.4, 0.5) is 0 Å². The summed E-state index contributed by atoms with van der Waals surface area (Å²) >= 11 is 0. The van der Waals surface area contributed by atoms with Gasteiger partial charge < -0.3 is 33.2 Å². The van der Waals surface area contributed by atoms with Gasteiger partial charge in [0.05, 0.1) is 27.0 Å². The minimum Gasteiger partial charge on any atom is -0.496 e. The Morgan fingerprint density at radius 3 is 2.36 bits per heavy atom. The number of carbonyl (C=O) groups is 2. The van der Waals surface area contributed by atoms with E-state index in [-0.39, 0.29) is 37.7 Å². The second kappa shape index (κ2) is 10.2. The number of methoxy groups -OCH3 is 2. The van der Waals surface area contributed by atoms with Crippen molar-refractivity contribution in [1.82, 2.24) is 9.80 Å². The Balaban J connectivity index is 1.39. The number of ether oxygens (including phenoxy) is 4. The van der Waals surface area contributed by atoms with Gasteiger partial charge in [-0.3, -0.25) is 9.59 Å². The van der Waals surface area contributed by atoms with Gasteiger partial charge in [-0.15, -0.1) is 0 Å². The van der Waals surface area contributed by atoms with Gasteiger partial charge in [-0.2, -0.15) is 0 Å². The van der Waals surface area contributed by atoms with Gasteiger partial charge in [0.15, 0.2) is 11.5 Å². The number of furan rings is 1. The number of hydrogen-bond donors (Lipinski definition) is 0. The molecule has 2 aliphatic rings. The highest BCUT2D eigenvalue weighted by Crippen LogP contribution is 2.35. The van der Waals surface area contributed by atoms with E-state index in [1.54, 1.807) is 40.3 Å². The SMILES string of the molecule is COc1cccc(OC)c1C(=O)N(CC(=O)N(Cc1ccc2c(c1)OCO2)Cc1ccco1)C1CC1. The predicted octanol–water partition coefficient (Wildman–Crippen LogP) is 3.86. The number of fused-ring (bicyclic) bond motifs is 1. The molecule has 3 aromatic rings.